The number of benzene rings is 1. The Morgan fingerprint density at radius 3 is 2.56 bits per heavy atom. The number of aromatic nitrogens is 1. The van der Waals surface area contributed by atoms with E-state index in [2.05, 4.69) is 15.0 Å². The molecule has 4 N–H and O–H groups in total. The zero-order valence-corrected chi connectivity index (χ0v) is 15.7. The van der Waals surface area contributed by atoms with E-state index in [1.165, 1.54) is 6.07 Å². The van der Waals surface area contributed by atoms with Crippen molar-refractivity contribution in [3.63, 3.8) is 0 Å². The van der Waals surface area contributed by atoms with Crippen LogP contribution in [-0.4, -0.2) is 47.2 Å². The van der Waals surface area contributed by atoms with Gasteiger partial charge in [-0.2, -0.15) is 5.10 Å². The lowest BCUT2D eigenvalue weighted by atomic mass is 9.95. The van der Waals surface area contributed by atoms with Crippen molar-refractivity contribution < 1.29 is 14.9 Å². The Kier molecular flexibility index (Phi) is 5.81. The van der Waals surface area contributed by atoms with E-state index in [0.717, 1.165) is 30.0 Å². The topological polar surface area (TPSA) is 104 Å². The molecular weight excluding hydrogens is 344 g/mol. The van der Waals surface area contributed by atoms with Gasteiger partial charge < -0.3 is 25.7 Å². The van der Waals surface area contributed by atoms with Gasteiger partial charge >= 0.3 is 0 Å². The van der Waals surface area contributed by atoms with Gasteiger partial charge in [0.25, 0.3) is 0 Å². The second kappa shape index (κ2) is 8.26. The average molecular weight is 370 g/mol. The second-order valence-electron chi connectivity index (χ2n) is 6.96. The van der Waals surface area contributed by atoms with Gasteiger partial charge in [0.1, 0.15) is 17.3 Å². The molecule has 1 fully saturated rings. The van der Waals surface area contributed by atoms with Gasteiger partial charge in [-0.15, -0.1) is 0 Å². The first-order chi connectivity index (χ1) is 13.0. The molecule has 144 valence electrons. The van der Waals surface area contributed by atoms with Crippen LogP contribution in [0.2, 0.25) is 0 Å². The Morgan fingerprint density at radius 1 is 1.22 bits per heavy atom. The van der Waals surface area contributed by atoms with E-state index in [1.54, 1.807) is 12.3 Å². The number of hydrazone groups is 1. The predicted molar refractivity (Wildman–Crippen MR) is 106 cm³/mol. The second-order valence-corrected chi connectivity index (χ2v) is 6.96. The Morgan fingerprint density at radius 2 is 1.96 bits per heavy atom. The van der Waals surface area contributed by atoms with Gasteiger partial charge in [0, 0.05) is 37.3 Å². The first kappa shape index (κ1) is 19.0. The van der Waals surface area contributed by atoms with Gasteiger partial charge in [0.15, 0.2) is 0 Å². The highest BCUT2D eigenvalue weighted by Gasteiger charge is 2.17. The molecule has 1 aromatic carbocycles. The summed E-state index contributed by atoms with van der Waals surface area (Å²) in [7, 11) is 0. The summed E-state index contributed by atoms with van der Waals surface area (Å²) in [6.45, 7) is 7.05. The van der Waals surface area contributed by atoms with Crippen molar-refractivity contribution in [2.24, 2.45) is 10.9 Å². The van der Waals surface area contributed by atoms with E-state index in [0.29, 0.717) is 30.9 Å². The molecule has 1 aliphatic heterocycles. The zero-order valence-electron chi connectivity index (χ0n) is 15.7. The summed E-state index contributed by atoms with van der Waals surface area (Å²) in [4.78, 5) is 6.72. The number of anilines is 1. The van der Waals surface area contributed by atoms with Gasteiger partial charge in [-0.05, 0) is 29.2 Å². The fraction of sp³-hybridized carbons (Fsp3) is 0.400. The average Bonchev–Trinajstić information content (AvgIpc) is 2.67. The third kappa shape index (κ3) is 4.31. The molecule has 0 unspecified atom stereocenters. The highest BCUT2D eigenvalue weighted by molar-refractivity contribution is 6.04. The van der Waals surface area contributed by atoms with E-state index < -0.39 is 0 Å². The van der Waals surface area contributed by atoms with Crippen LogP contribution in [0.1, 0.15) is 36.5 Å². The highest BCUT2D eigenvalue weighted by Crippen LogP contribution is 2.33. The predicted octanol–water partition coefficient (Wildman–Crippen LogP) is 2.36. The molecule has 7 nitrogen and oxygen atoms in total. The van der Waals surface area contributed by atoms with Gasteiger partial charge in [-0.3, -0.25) is 0 Å². The first-order valence-electron chi connectivity index (χ1n) is 9.10. The fourth-order valence-electron chi connectivity index (χ4n) is 3.19. The molecule has 0 amide bonds. The van der Waals surface area contributed by atoms with Crippen molar-refractivity contribution >= 4 is 11.5 Å². The molecule has 0 aliphatic carbocycles. The van der Waals surface area contributed by atoms with Crippen LogP contribution in [0.4, 0.5) is 5.82 Å². The minimum Gasteiger partial charge on any atom is -0.508 e. The third-order valence-corrected chi connectivity index (χ3v) is 4.75. The number of nitrogens with zero attached hydrogens (tertiary/aromatic N) is 3. The maximum Gasteiger partial charge on any atom is 0.128 e. The van der Waals surface area contributed by atoms with Crippen LogP contribution in [0, 0.1) is 0 Å². The van der Waals surface area contributed by atoms with Crippen molar-refractivity contribution in [3.8, 4) is 11.5 Å². The number of pyridine rings is 1. The lowest BCUT2D eigenvalue weighted by Gasteiger charge is -2.27. The molecule has 27 heavy (non-hydrogen) atoms. The van der Waals surface area contributed by atoms with Crippen molar-refractivity contribution in [1.29, 1.82) is 0 Å². The molecule has 1 aliphatic rings. The van der Waals surface area contributed by atoms with Gasteiger partial charge in [-0.1, -0.05) is 19.9 Å². The van der Waals surface area contributed by atoms with E-state index in [4.69, 9.17) is 10.6 Å². The van der Waals surface area contributed by atoms with E-state index >= 15 is 0 Å². The number of morpholine rings is 1. The van der Waals surface area contributed by atoms with Crippen LogP contribution >= 0.6 is 0 Å². The summed E-state index contributed by atoms with van der Waals surface area (Å²) in [5.41, 5.74) is 2.74. The van der Waals surface area contributed by atoms with E-state index in [9.17, 15) is 10.2 Å². The monoisotopic (exact) mass is 370 g/mol. The maximum absolute atomic E-state index is 10.3. The number of nitrogens with two attached hydrogens (primary N) is 1. The number of aromatic hydroxyl groups is 2. The van der Waals surface area contributed by atoms with Crippen molar-refractivity contribution in [2.75, 3.05) is 31.2 Å². The molecule has 2 aromatic rings. The van der Waals surface area contributed by atoms with Crippen LogP contribution in [0.3, 0.4) is 0 Å². The molecule has 0 atom stereocenters. The molecule has 0 saturated carbocycles. The maximum atomic E-state index is 10.3. The molecule has 2 heterocycles. The molecule has 0 spiro atoms. The summed E-state index contributed by atoms with van der Waals surface area (Å²) in [5, 5.41) is 24.2. The SMILES string of the molecule is CC(C)c1cc(C(Cc2ccc(N3CCOCC3)nc2)=NN)c(O)cc1O. The molecular formula is C20H26N4O3. The minimum absolute atomic E-state index is 0.0426. The summed E-state index contributed by atoms with van der Waals surface area (Å²) in [5.74, 6) is 6.66. The van der Waals surface area contributed by atoms with Gasteiger partial charge in [0.2, 0.25) is 0 Å². The number of phenolic OH excluding ortho intramolecular Hbond substituents is 2. The molecule has 7 heteroatoms. The fourth-order valence-corrected chi connectivity index (χ4v) is 3.19. The number of hydrogen-bond acceptors (Lipinski definition) is 7. The third-order valence-electron chi connectivity index (χ3n) is 4.75. The zero-order chi connectivity index (χ0) is 19.4. The van der Waals surface area contributed by atoms with Crippen molar-refractivity contribution in [3.05, 3.63) is 47.2 Å². The molecule has 3 rings (SSSR count). The van der Waals surface area contributed by atoms with Crippen molar-refractivity contribution in [2.45, 2.75) is 26.2 Å². The Hall–Kier alpha value is -2.80. The number of phenols is 2. The largest absolute Gasteiger partial charge is 0.508 e. The Labute approximate surface area is 159 Å². The normalized spacial score (nSPS) is 15.4. The number of ether oxygens (including phenoxy) is 1. The smallest absolute Gasteiger partial charge is 0.128 e. The van der Waals surface area contributed by atoms with Crippen molar-refractivity contribution in [1.82, 2.24) is 4.98 Å². The summed E-state index contributed by atoms with van der Waals surface area (Å²) in [6.07, 6.45) is 2.24. The van der Waals surface area contributed by atoms with Crippen LogP contribution in [-0.2, 0) is 11.2 Å². The summed E-state index contributed by atoms with van der Waals surface area (Å²) < 4.78 is 5.37. The van der Waals surface area contributed by atoms with E-state index in [-0.39, 0.29) is 17.4 Å². The standard InChI is InChI=1S/C20H26N4O3/c1-13(2)15-10-16(19(26)11-18(15)25)17(23-21)9-14-3-4-20(22-12-14)24-5-7-27-8-6-24/h3-4,10-13,25-26H,5-9,21H2,1-2H3. The molecule has 1 saturated heterocycles. The van der Waals surface area contributed by atoms with Crippen LogP contribution in [0.25, 0.3) is 0 Å². The first-order valence-corrected chi connectivity index (χ1v) is 9.10. The minimum atomic E-state index is -0.0426. The van der Waals surface area contributed by atoms with Crippen LogP contribution in [0.5, 0.6) is 11.5 Å². The quantitative estimate of drug-likeness (QED) is 0.424. The van der Waals surface area contributed by atoms with E-state index in [1.807, 2.05) is 26.0 Å². The van der Waals surface area contributed by atoms with Gasteiger partial charge in [0.05, 0.1) is 18.9 Å². The van der Waals surface area contributed by atoms with Gasteiger partial charge in [-0.25, -0.2) is 4.98 Å². The lowest BCUT2D eigenvalue weighted by molar-refractivity contribution is 0.122. The summed E-state index contributed by atoms with van der Waals surface area (Å²) >= 11 is 0. The lowest BCUT2D eigenvalue weighted by Crippen LogP contribution is -2.36. The van der Waals surface area contributed by atoms with Crippen LogP contribution in [0.15, 0.2) is 35.6 Å². The highest BCUT2D eigenvalue weighted by atomic mass is 16.5. The Balaban J connectivity index is 1.80. The summed E-state index contributed by atoms with van der Waals surface area (Å²) in [6, 6.07) is 7.06. The molecule has 0 radical (unpaired) electrons. The molecule has 0 bridgehead atoms. The molecule has 1 aromatic heterocycles. The number of rotatable bonds is 5. The number of hydrogen-bond donors (Lipinski definition) is 3. The Bertz CT molecular complexity index is 813. The van der Waals surface area contributed by atoms with Crippen LogP contribution < -0.4 is 10.7 Å².